The van der Waals surface area contributed by atoms with Crippen molar-refractivity contribution in [3.63, 3.8) is 0 Å². The van der Waals surface area contributed by atoms with E-state index in [9.17, 15) is 9.59 Å². The van der Waals surface area contributed by atoms with Gasteiger partial charge in [-0.2, -0.15) is 0 Å². The second-order valence-corrected chi connectivity index (χ2v) is 10.5. The van der Waals surface area contributed by atoms with Crippen molar-refractivity contribution in [2.24, 2.45) is 11.8 Å². The van der Waals surface area contributed by atoms with E-state index in [4.69, 9.17) is 18.9 Å². The minimum Gasteiger partial charge on any atom is -0.466 e. The summed E-state index contributed by atoms with van der Waals surface area (Å²) in [5.74, 6) is 0.232. The van der Waals surface area contributed by atoms with Gasteiger partial charge in [0.05, 0.1) is 49.5 Å². The Morgan fingerprint density at radius 3 is 1.09 bits per heavy atom. The van der Waals surface area contributed by atoms with Crippen LogP contribution in [0.4, 0.5) is 0 Å². The third-order valence-electron chi connectivity index (χ3n) is 7.96. The van der Waals surface area contributed by atoms with Gasteiger partial charge in [-0.1, -0.05) is 25.7 Å². The first-order chi connectivity index (χ1) is 16.6. The number of esters is 2. The van der Waals surface area contributed by atoms with Crippen LogP contribution in [0.1, 0.15) is 117 Å². The van der Waals surface area contributed by atoms with Crippen LogP contribution in [-0.4, -0.2) is 49.6 Å². The Balaban J connectivity index is 0.000000191. The minimum atomic E-state index is -0.00758. The first-order valence-corrected chi connectivity index (χ1v) is 14.2. The molecule has 0 aromatic rings. The van der Waals surface area contributed by atoms with Crippen molar-refractivity contribution < 1.29 is 28.5 Å². The summed E-state index contributed by atoms with van der Waals surface area (Å²) >= 11 is 0. The summed E-state index contributed by atoms with van der Waals surface area (Å²) in [6, 6.07) is 0. The number of hydrogen-bond donors (Lipinski definition) is 0. The summed E-state index contributed by atoms with van der Waals surface area (Å²) in [4.78, 5) is 23.2. The quantitative estimate of drug-likeness (QED) is 0.389. The molecule has 196 valence electrons. The first-order valence-electron chi connectivity index (χ1n) is 14.2. The van der Waals surface area contributed by atoms with Gasteiger partial charge in [0.15, 0.2) is 0 Å². The lowest BCUT2D eigenvalue weighted by Crippen LogP contribution is -2.29. The van der Waals surface area contributed by atoms with E-state index < -0.39 is 0 Å². The summed E-state index contributed by atoms with van der Waals surface area (Å²) in [5, 5.41) is 0. The smallest absolute Gasteiger partial charge is 0.308 e. The minimum absolute atomic E-state index is 0.00758. The molecule has 0 heterocycles. The van der Waals surface area contributed by atoms with E-state index in [1.54, 1.807) is 0 Å². The molecule has 4 aliphatic carbocycles. The zero-order chi connectivity index (χ0) is 24.2. The van der Waals surface area contributed by atoms with Gasteiger partial charge < -0.3 is 18.9 Å². The largest absolute Gasteiger partial charge is 0.466 e. The molecule has 0 atom stereocenters. The van der Waals surface area contributed by atoms with Crippen molar-refractivity contribution >= 4 is 11.9 Å². The van der Waals surface area contributed by atoms with E-state index in [1.165, 1.54) is 51.4 Å². The monoisotopic (exact) mass is 480 g/mol. The summed E-state index contributed by atoms with van der Waals surface area (Å²) in [6.07, 6.45) is 19.9. The van der Waals surface area contributed by atoms with Gasteiger partial charge in [0.2, 0.25) is 0 Å². The van der Waals surface area contributed by atoms with Crippen molar-refractivity contribution in [2.75, 3.05) is 13.2 Å². The highest BCUT2D eigenvalue weighted by Gasteiger charge is 2.30. The van der Waals surface area contributed by atoms with E-state index in [0.29, 0.717) is 37.6 Å². The first kappa shape index (κ1) is 27.4. The normalized spacial score (nSPS) is 30.4. The topological polar surface area (TPSA) is 71.1 Å². The Labute approximate surface area is 206 Å². The molecule has 0 unspecified atom stereocenters. The average Bonchev–Trinajstić information content (AvgIpc) is 3.55. The lowest BCUT2D eigenvalue weighted by atomic mass is 9.87. The molecule has 0 N–H and O–H groups in total. The predicted octanol–water partition coefficient (Wildman–Crippen LogP) is 6.14. The summed E-state index contributed by atoms with van der Waals surface area (Å²) in [5.41, 5.74) is 0. The predicted molar refractivity (Wildman–Crippen MR) is 131 cm³/mol. The molecule has 0 radical (unpaired) electrons. The van der Waals surface area contributed by atoms with Crippen molar-refractivity contribution in [3.8, 4) is 0 Å². The molecule has 4 aliphatic rings. The van der Waals surface area contributed by atoms with Gasteiger partial charge in [0, 0.05) is 0 Å². The number of rotatable bonds is 8. The molecule has 0 bridgehead atoms. The molecule has 0 aromatic heterocycles. The lowest BCUT2D eigenvalue weighted by molar-refractivity contribution is -0.151. The fraction of sp³-hybridized carbons (Fsp3) is 0.929. The number of carbonyl (C=O) groups is 2. The fourth-order valence-electron chi connectivity index (χ4n) is 5.98. The Kier molecular flexibility index (Phi) is 12.2. The van der Waals surface area contributed by atoms with Crippen molar-refractivity contribution in [2.45, 2.75) is 141 Å². The van der Waals surface area contributed by atoms with Crippen LogP contribution in [0.15, 0.2) is 0 Å². The standard InChI is InChI=1S/2C14H24O3/c2*1-2-16-14(15)11-7-9-13(10-8-11)17-12-5-3-4-6-12/h2*11-13H,2-10H2,1H3. The molecule has 4 saturated carbocycles. The maximum Gasteiger partial charge on any atom is 0.308 e. The Bertz CT molecular complexity index is 528. The van der Waals surface area contributed by atoms with E-state index in [-0.39, 0.29) is 23.8 Å². The van der Waals surface area contributed by atoms with Crippen LogP contribution in [0, 0.1) is 11.8 Å². The van der Waals surface area contributed by atoms with Gasteiger partial charge in [-0.15, -0.1) is 0 Å². The lowest BCUT2D eigenvalue weighted by Gasteiger charge is -2.29. The van der Waals surface area contributed by atoms with Crippen molar-refractivity contribution in [1.29, 1.82) is 0 Å². The molecular formula is C28H48O6. The van der Waals surface area contributed by atoms with E-state index >= 15 is 0 Å². The van der Waals surface area contributed by atoms with Gasteiger partial charge in [0.25, 0.3) is 0 Å². The van der Waals surface area contributed by atoms with E-state index in [0.717, 1.165) is 51.4 Å². The van der Waals surface area contributed by atoms with Crippen LogP contribution >= 0.6 is 0 Å². The average molecular weight is 481 g/mol. The van der Waals surface area contributed by atoms with Gasteiger partial charge in [-0.3, -0.25) is 9.59 Å². The van der Waals surface area contributed by atoms with E-state index in [2.05, 4.69) is 0 Å². The van der Waals surface area contributed by atoms with Crippen LogP contribution in [0.5, 0.6) is 0 Å². The highest BCUT2D eigenvalue weighted by Crippen LogP contribution is 2.32. The van der Waals surface area contributed by atoms with Crippen molar-refractivity contribution in [3.05, 3.63) is 0 Å². The molecule has 0 aromatic carbocycles. The molecule has 6 heteroatoms. The zero-order valence-corrected chi connectivity index (χ0v) is 21.6. The molecule has 4 fully saturated rings. The molecule has 6 nitrogen and oxygen atoms in total. The molecule has 34 heavy (non-hydrogen) atoms. The van der Waals surface area contributed by atoms with Gasteiger partial charge in [-0.25, -0.2) is 0 Å². The Hall–Kier alpha value is -1.14. The summed E-state index contributed by atoms with van der Waals surface area (Å²) in [7, 11) is 0. The van der Waals surface area contributed by atoms with Crippen LogP contribution < -0.4 is 0 Å². The molecule has 0 spiro atoms. The zero-order valence-electron chi connectivity index (χ0n) is 21.6. The highest BCUT2D eigenvalue weighted by atomic mass is 16.5. The SMILES string of the molecule is CCOC(=O)C1CCC(OC2CCCC2)CC1.CCOC(=O)C1CCC(OC2CCCC2)CC1. The summed E-state index contributed by atoms with van der Waals surface area (Å²) < 4.78 is 22.3. The Morgan fingerprint density at radius 1 is 0.500 bits per heavy atom. The van der Waals surface area contributed by atoms with Crippen LogP contribution in [0.25, 0.3) is 0 Å². The van der Waals surface area contributed by atoms with Gasteiger partial charge in [-0.05, 0) is 90.9 Å². The van der Waals surface area contributed by atoms with Gasteiger partial charge in [0.1, 0.15) is 0 Å². The second-order valence-electron chi connectivity index (χ2n) is 10.5. The summed E-state index contributed by atoms with van der Waals surface area (Å²) in [6.45, 7) is 4.73. The fourth-order valence-corrected chi connectivity index (χ4v) is 5.98. The number of carbonyl (C=O) groups excluding carboxylic acids is 2. The maximum atomic E-state index is 11.6. The Morgan fingerprint density at radius 2 is 0.794 bits per heavy atom. The second kappa shape index (κ2) is 15.1. The third kappa shape index (κ3) is 9.14. The molecule has 0 saturated heterocycles. The number of hydrogen-bond acceptors (Lipinski definition) is 6. The maximum absolute atomic E-state index is 11.6. The van der Waals surface area contributed by atoms with Crippen molar-refractivity contribution in [1.82, 2.24) is 0 Å². The molecule has 4 rings (SSSR count). The third-order valence-corrected chi connectivity index (χ3v) is 7.96. The molecular weight excluding hydrogens is 432 g/mol. The molecule has 0 amide bonds. The highest BCUT2D eigenvalue weighted by molar-refractivity contribution is 5.72. The van der Waals surface area contributed by atoms with Crippen LogP contribution in [-0.2, 0) is 28.5 Å². The van der Waals surface area contributed by atoms with E-state index in [1.807, 2.05) is 13.8 Å². The number of ether oxygens (including phenoxy) is 4. The van der Waals surface area contributed by atoms with Crippen LogP contribution in [0.2, 0.25) is 0 Å². The molecule has 0 aliphatic heterocycles. The van der Waals surface area contributed by atoms with Gasteiger partial charge >= 0.3 is 11.9 Å². The van der Waals surface area contributed by atoms with Crippen LogP contribution in [0.3, 0.4) is 0 Å².